The molecule has 3 aromatic rings. The predicted molar refractivity (Wildman–Crippen MR) is 105 cm³/mol. The minimum Gasteiger partial charge on any atom is -0.336 e. The highest BCUT2D eigenvalue weighted by Crippen LogP contribution is 2.10. The second kappa shape index (κ2) is 8.95. The molecule has 1 aromatic heterocycles. The molecule has 0 spiro atoms. The second-order valence-corrected chi connectivity index (χ2v) is 6.54. The van der Waals surface area contributed by atoms with Crippen LogP contribution in [0.2, 0.25) is 0 Å². The Morgan fingerprint density at radius 1 is 0.923 bits per heavy atom. The zero-order chi connectivity index (χ0) is 18.2. The summed E-state index contributed by atoms with van der Waals surface area (Å²) in [5.41, 5.74) is 4.39. The van der Waals surface area contributed by atoms with Gasteiger partial charge in [-0.1, -0.05) is 66.2 Å². The molecule has 1 amide bonds. The van der Waals surface area contributed by atoms with Crippen LogP contribution >= 0.6 is 0 Å². The van der Waals surface area contributed by atoms with Gasteiger partial charge in [0.05, 0.1) is 18.7 Å². The summed E-state index contributed by atoms with van der Waals surface area (Å²) in [5, 5.41) is 0. The fourth-order valence-electron chi connectivity index (χ4n) is 3.00. The first-order chi connectivity index (χ1) is 12.7. The zero-order valence-electron chi connectivity index (χ0n) is 15.1. The van der Waals surface area contributed by atoms with Crippen LogP contribution < -0.4 is 0 Å². The molecule has 0 saturated carbocycles. The zero-order valence-corrected chi connectivity index (χ0v) is 15.1. The maximum Gasteiger partial charge on any atom is 0.227 e. The van der Waals surface area contributed by atoms with E-state index >= 15 is 0 Å². The molecule has 0 unspecified atom stereocenters. The molecule has 2 aromatic carbocycles. The standard InChI is InChI=1S/C23H24N2O/c1-19-8-7-11-21(16-19)17-23(26)25(18-22-12-5-6-14-24-22)15-13-20-9-3-2-4-10-20/h2-12,14,16H,13,15,17-18H2,1H3. The van der Waals surface area contributed by atoms with Crippen LogP contribution in [0.25, 0.3) is 0 Å². The molecule has 1 heterocycles. The Labute approximate surface area is 155 Å². The van der Waals surface area contributed by atoms with E-state index < -0.39 is 0 Å². The molecule has 26 heavy (non-hydrogen) atoms. The van der Waals surface area contributed by atoms with E-state index in [0.717, 1.165) is 17.7 Å². The van der Waals surface area contributed by atoms with E-state index in [1.54, 1.807) is 6.20 Å². The van der Waals surface area contributed by atoms with Crippen molar-refractivity contribution in [3.05, 3.63) is 101 Å². The number of aromatic nitrogens is 1. The van der Waals surface area contributed by atoms with E-state index in [0.29, 0.717) is 19.5 Å². The molecule has 0 aliphatic carbocycles. The average Bonchev–Trinajstić information content (AvgIpc) is 2.66. The Kier molecular flexibility index (Phi) is 6.15. The predicted octanol–water partition coefficient (Wildman–Crippen LogP) is 4.20. The summed E-state index contributed by atoms with van der Waals surface area (Å²) in [4.78, 5) is 19.2. The fourth-order valence-corrected chi connectivity index (χ4v) is 3.00. The number of aryl methyl sites for hydroxylation is 1. The number of nitrogens with zero attached hydrogens (tertiary/aromatic N) is 2. The lowest BCUT2D eigenvalue weighted by Gasteiger charge is -2.23. The highest BCUT2D eigenvalue weighted by atomic mass is 16.2. The van der Waals surface area contributed by atoms with E-state index in [9.17, 15) is 4.79 Å². The molecule has 0 aliphatic heterocycles. The summed E-state index contributed by atoms with van der Waals surface area (Å²) in [6.45, 7) is 3.28. The van der Waals surface area contributed by atoms with Crippen molar-refractivity contribution in [1.82, 2.24) is 9.88 Å². The summed E-state index contributed by atoms with van der Waals surface area (Å²) in [6.07, 6.45) is 3.03. The third kappa shape index (κ3) is 5.28. The monoisotopic (exact) mass is 344 g/mol. The molecule has 132 valence electrons. The Bertz CT molecular complexity index is 831. The summed E-state index contributed by atoms with van der Waals surface area (Å²) in [6, 6.07) is 24.3. The van der Waals surface area contributed by atoms with Crippen molar-refractivity contribution >= 4 is 5.91 Å². The van der Waals surface area contributed by atoms with Crippen molar-refractivity contribution in [3.8, 4) is 0 Å². The van der Waals surface area contributed by atoms with Crippen LogP contribution in [-0.4, -0.2) is 22.3 Å². The third-order valence-corrected chi connectivity index (χ3v) is 4.38. The first kappa shape index (κ1) is 17.9. The SMILES string of the molecule is Cc1cccc(CC(=O)N(CCc2ccccc2)Cc2ccccn2)c1. The Balaban J connectivity index is 1.71. The van der Waals surface area contributed by atoms with Gasteiger partial charge in [0.2, 0.25) is 5.91 Å². The van der Waals surface area contributed by atoms with Crippen LogP contribution in [-0.2, 0) is 24.2 Å². The van der Waals surface area contributed by atoms with Gasteiger partial charge in [0.15, 0.2) is 0 Å². The molecular formula is C23H24N2O. The Hall–Kier alpha value is -2.94. The summed E-state index contributed by atoms with van der Waals surface area (Å²) in [5.74, 6) is 0.136. The van der Waals surface area contributed by atoms with Crippen molar-refractivity contribution in [2.24, 2.45) is 0 Å². The van der Waals surface area contributed by atoms with E-state index in [-0.39, 0.29) is 5.91 Å². The van der Waals surface area contributed by atoms with Crippen LogP contribution in [0, 0.1) is 6.92 Å². The van der Waals surface area contributed by atoms with Gasteiger partial charge in [-0.3, -0.25) is 9.78 Å². The Morgan fingerprint density at radius 3 is 2.42 bits per heavy atom. The average molecular weight is 344 g/mol. The molecular weight excluding hydrogens is 320 g/mol. The van der Waals surface area contributed by atoms with Crippen molar-refractivity contribution in [3.63, 3.8) is 0 Å². The lowest BCUT2D eigenvalue weighted by atomic mass is 10.1. The van der Waals surface area contributed by atoms with Gasteiger partial charge in [-0.25, -0.2) is 0 Å². The first-order valence-electron chi connectivity index (χ1n) is 8.98. The second-order valence-electron chi connectivity index (χ2n) is 6.54. The van der Waals surface area contributed by atoms with Gasteiger partial charge in [-0.2, -0.15) is 0 Å². The normalized spacial score (nSPS) is 10.5. The molecule has 0 saturated heterocycles. The van der Waals surface area contributed by atoms with Gasteiger partial charge in [0.25, 0.3) is 0 Å². The summed E-state index contributed by atoms with van der Waals surface area (Å²) >= 11 is 0. The minimum atomic E-state index is 0.136. The van der Waals surface area contributed by atoms with Crippen LogP contribution in [0.3, 0.4) is 0 Å². The number of pyridine rings is 1. The van der Waals surface area contributed by atoms with Crippen LogP contribution in [0.15, 0.2) is 79.0 Å². The molecule has 0 atom stereocenters. The van der Waals surface area contributed by atoms with Crippen molar-refractivity contribution in [1.29, 1.82) is 0 Å². The molecule has 0 aliphatic rings. The van der Waals surface area contributed by atoms with Gasteiger partial charge in [-0.05, 0) is 36.6 Å². The largest absolute Gasteiger partial charge is 0.336 e. The number of carbonyl (C=O) groups is 1. The van der Waals surface area contributed by atoms with Crippen LogP contribution in [0.4, 0.5) is 0 Å². The van der Waals surface area contributed by atoms with Gasteiger partial charge in [0.1, 0.15) is 0 Å². The Morgan fingerprint density at radius 2 is 1.69 bits per heavy atom. The number of carbonyl (C=O) groups excluding carboxylic acids is 1. The summed E-state index contributed by atoms with van der Waals surface area (Å²) in [7, 11) is 0. The number of benzene rings is 2. The van der Waals surface area contributed by atoms with Gasteiger partial charge >= 0.3 is 0 Å². The number of hydrogen-bond donors (Lipinski definition) is 0. The topological polar surface area (TPSA) is 33.2 Å². The molecule has 0 fully saturated rings. The first-order valence-corrected chi connectivity index (χ1v) is 8.98. The minimum absolute atomic E-state index is 0.136. The third-order valence-electron chi connectivity index (χ3n) is 4.38. The number of hydrogen-bond acceptors (Lipinski definition) is 2. The van der Waals surface area contributed by atoms with E-state index in [1.807, 2.05) is 53.4 Å². The highest BCUT2D eigenvalue weighted by molar-refractivity contribution is 5.78. The fraction of sp³-hybridized carbons (Fsp3) is 0.217. The number of amides is 1. The smallest absolute Gasteiger partial charge is 0.227 e. The quantitative estimate of drug-likeness (QED) is 0.643. The molecule has 0 N–H and O–H groups in total. The molecule has 0 bridgehead atoms. The van der Waals surface area contributed by atoms with Gasteiger partial charge in [-0.15, -0.1) is 0 Å². The lowest BCUT2D eigenvalue weighted by Crippen LogP contribution is -2.34. The number of rotatable bonds is 7. The van der Waals surface area contributed by atoms with Crippen molar-refractivity contribution in [2.75, 3.05) is 6.54 Å². The van der Waals surface area contributed by atoms with Gasteiger partial charge < -0.3 is 4.90 Å². The van der Waals surface area contributed by atoms with E-state index in [1.165, 1.54) is 11.1 Å². The molecule has 3 rings (SSSR count). The van der Waals surface area contributed by atoms with Crippen LogP contribution in [0.5, 0.6) is 0 Å². The summed E-state index contributed by atoms with van der Waals surface area (Å²) < 4.78 is 0. The van der Waals surface area contributed by atoms with E-state index in [4.69, 9.17) is 0 Å². The molecule has 0 radical (unpaired) electrons. The van der Waals surface area contributed by atoms with Gasteiger partial charge in [0, 0.05) is 12.7 Å². The van der Waals surface area contributed by atoms with Crippen molar-refractivity contribution in [2.45, 2.75) is 26.3 Å². The maximum atomic E-state index is 12.9. The molecule has 3 nitrogen and oxygen atoms in total. The van der Waals surface area contributed by atoms with Crippen LogP contribution in [0.1, 0.15) is 22.4 Å². The highest BCUT2D eigenvalue weighted by Gasteiger charge is 2.15. The lowest BCUT2D eigenvalue weighted by molar-refractivity contribution is -0.131. The molecule has 3 heteroatoms. The maximum absolute atomic E-state index is 12.9. The van der Waals surface area contributed by atoms with E-state index in [2.05, 4.69) is 36.2 Å². The van der Waals surface area contributed by atoms with Crippen molar-refractivity contribution < 1.29 is 4.79 Å².